The van der Waals surface area contributed by atoms with Gasteiger partial charge in [0.05, 0.1) is 5.69 Å². The standard InChI is InChI=1S/C20H28BrNO3S/c1-3-5-12-22(13-6-4-2)18-14-16(21)15-19(26(23)24)20(18)25-17-10-8-7-9-11-17/h7-10,14-15,17H,3-6,11-13H2,1-2H3,(H,23,24). The van der Waals surface area contributed by atoms with Gasteiger partial charge in [0.15, 0.2) is 16.8 Å². The van der Waals surface area contributed by atoms with Crippen LogP contribution in [0.2, 0.25) is 0 Å². The maximum atomic E-state index is 12.0. The first-order valence-electron chi connectivity index (χ1n) is 9.26. The monoisotopic (exact) mass is 441 g/mol. The smallest absolute Gasteiger partial charge is 0.190 e. The third-order valence-electron chi connectivity index (χ3n) is 4.30. The van der Waals surface area contributed by atoms with Crippen molar-refractivity contribution in [3.8, 4) is 5.75 Å². The van der Waals surface area contributed by atoms with Crippen molar-refractivity contribution in [2.24, 2.45) is 0 Å². The first-order chi connectivity index (χ1) is 12.6. The van der Waals surface area contributed by atoms with Crippen LogP contribution >= 0.6 is 15.9 Å². The molecule has 144 valence electrons. The molecule has 0 amide bonds. The zero-order chi connectivity index (χ0) is 18.9. The molecule has 0 saturated carbocycles. The Balaban J connectivity index is 2.44. The van der Waals surface area contributed by atoms with Crippen LogP contribution in [-0.2, 0) is 11.1 Å². The number of halogens is 1. The summed E-state index contributed by atoms with van der Waals surface area (Å²) in [7, 11) is 0. The van der Waals surface area contributed by atoms with Gasteiger partial charge in [-0.05, 0) is 31.1 Å². The molecule has 1 N–H and O–H groups in total. The zero-order valence-corrected chi connectivity index (χ0v) is 17.9. The number of anilines is 1. The molecule has 1 aromatic carbocycles. The molecule has 1 aliphatic rings. The van der Waals surface area contributed by atoms with Gasteiger partial charge < -0.3 is 14.2 Å². The molecule has 0 aromatic heterocycles. The highest BCUT2D eigenvalue weighted by Crippen LogP contribution is 2.39. The lowest BCUT2D eigenvalue weighted by atomic mass is 10.1. The normalized spacial score (nSPS) is 17.3. The van der Waals surface area contributed by atoms with Crippen LogP contribution in [0, 0.1) is 0 Å². The SMILES string of the molecule is CCCCN(CCCC)c1cc(Br)cc(S(=O)O)c1OC1C=CC=CC1. The lowest BCUT2D eigenvalue weighted by Crippen LogP contribution is -2.27. The molecule has 1 aliphatic carbocycles. The Morgan fingerprint density at radius 1 is 1.23 bits per heavy atom. The molecule has 2 atom stereocenters. The summed E-state index contributed by atoms with van der Waals surface area (Å²) in [5, 5.41) is 0. The Kier molecular flexibility index (Phi) is 8.88. The molecular weight excluding hydrogens is 414 g/mol. The van der Waals surface area contributed by atoms with Gasteiger partial charge in [0.25, 0.3) is 0 Å². The molecule has 2 rings (SSSR count). The van der Waals surface area contributed by atoms with E-state index in [1.165, 1.54) is 0 Å². The maximum Gasteiger partial charge on any atom is 0.190 e. The zero-order valence-electron chi connectivity index (χ0n) is 15.5. The highest BCUT2D eigenvalue weighted by molar-refractivity contribution is 9.10. The lowest BCUT2D eigenvalue weighted by molar-refractivity contribution is 0.245. The van der Waals surface area contributed by atoms with Gasteiger partial charge in [0.1, 0.15) is 11.0 Å². The summed E-state index contributed by atoms with van der Waals surface area (Å²) in [6, 6.07) is 3.68. The van der Waals surface area contributed by atoms with Crippen LogP contribution in [-0.4, -0.2) is 28.0 Å². The van der Waals surface area contributed by atoms with Gasteiger partial charge in [-0.15, -0.1) is 0 Å². The summed E-state index contributed by atoms with van der Waals surface area (Å²) in [4.78, 5) is 2.60. The van der Waals surface area contributed by atoms with Crippen molar-refractivity contribution in [2.45, 2.75) is 57.0 Å². The fourth-order valence-electron chi connectivity index (χ4n) is 2.89. The van der Waals surface area contributed by atoms with Gasteiger partial charge in [-0.3, -0.25) is 0 Å². The molecule has 6 heteroatoms. The van der Waals surface area contributed by atoms with Gasteiger partial charge in [-0.25, -0.2) is 4.21 Å². The highest BCUT2D eigenvalue weighted by Gasteiger charge is 2.22. The van der Waals surface area contributed by atoms with E-state index in [-0.39, 0.29) is 6.10 Å². The van der Waals surface area contributed by atoms with E-state index in [9.17, 15) is 8.76 Å². The van der Waals surface area contributed by atoms with Crippen molar-refractivity contribution in [1.82, 2.24) is 0 Å². The second-order valence-corrected chi connectivity index (χ2v) is 8.25. The number of unbranched alkanes of at least 4 members (excludes halogenated alkanes) is 2. The summed E-state index contributed by atoms with van der Waals surface area (Å²) >= 11 is 1.38. The van der Waals surface area contributed by atoms with Crippen LogP contribution in [0.4, 0.5) is 5.69 Å². The number of allylic oxidation sites excluding steroid dienone is 2. The van der Waals surface area contributed by atoms with Crippen molar-refractivity contribution in [3.05, 3.63) is 40.9 Å². The molecule has 2 unspecified atom stereocenters. The van der Waals surface area contributed by atoms with E-state index in [0.29, 0.717) is 10.6 Å². The minimum absolute atomic E-state index is 0.124. The molecule has 0 radical (unpaired) electrons. The molecule has 0 aliphatic heterocycles. The van der Waals surface area contributed by atoms with Crippen molar-refractivity contribution in [2.75, 3.05) is 18.0 Å². The number of nitrogens with zero attached hydrogens (tertiary/aromatic N) is 1. The number of hydrogen-bond acceptors (Lipinski definition) is 3. The van der Waals surface area contributed by atoms with Gasteiger partial charge in [-0.2, -0.15) is 0 Å². The number of ether oxygens (including phenoxy) is 1. The molecule has 1 aromatic rings. The topological polar surface area (TPSA) is 49.8 Å². The second kappa shape index (κ2) is 10.9. The quantitative estimate of drug-likeness (QED) is 0.473. The third-order valence-corrected chi connectivity index (χ3v) is 5.44. The van der Waals surface area contributed by atoms with Gasteiger partial charge in [0, 0.05) is 24.0 Å². The first kappa shape index (κ1) is 21.2. The fourth-order valence-corrected chi connectivity index (χ4v) is 4.02. The molecule has 26 heavy (non-hydrogen) atoms. The van der Waals surface area contributed by atoms with Gasteiger partial charge in [-0.1, -0.05) is 60.8 Å². The Bertz CT molecular complexity index is 667. The Morgan fingerprint density at radius 3 is 2.46 bits per heavy atom. The number of rotatable bonds is 10. The minimum Gasteiger partial charge on any atom is -0.482 e. The van der Waals surface area contributed by atoms with Crippen LogP contribution in [0.15, 0.2) is 45.8 Å². The molecule has 0 heterocycles. The van der Waals surface area contributed by atoms with E-state index in [0.717, 1.165) is 55.4 Å². The Labute approximate surface area is 167 Å². The van der Waals surface area contributed by atoms with E-state index >= 15 is 0 Å². The number of hydrogen-bond donors (Lipinski definition) is 1. The minimum atomic E-state index is -2.12. The average Bonchev–Trinajstić information content (AvgIpc) is 2.64. The predicted molar refractivity (Wildman–Crippen MR) is 113 cm³/mol. The van der Waals surface area contributed by atoms with Crippen molar-refractivity contribution >= 4 is 32.7 Å². The largest absolute Gasteiger partial charge is 0.482 e. The Hall–Kier alpha value is -1.11. The van der Waals surface area contributed by atoms with E-state index < -0.39 is 11.1 Å². The number of benzene rings is 1. The average molecular weight is 442 g/mol. The lowest BCUT2D eigenvalue weighted by Gasteiger charge is -2.29. The van der Waals surface area contributed by atoms with Crippen LogP contribution in [0.1, 0.15) is 46.0 Å². The van der Waals surface area contributed by atoms with Crippen LogP contribution < -0.4 is 9.64 Å². The van der Waals surface area contributed by atoms with E-state index in [4.69, 9.17) is 4.74 Å². The first-order valence-corrected chi connectivity index (χ1v) is 11.2. The highest BCUT2D eigenvalue weighted by atomic mass is 79.9. The summed E-state index contributed by atoms with van der Waals surface area (Å²) < 4.78 is 28.8. The third kappa shape index (κ3) is 5.96. The Morgan fingerprint density at radius 2 is 1.92 bits per heavy atom. The van der Waals surface area contributed by atoms with Gasteiger partial charge in [0.2, 0.25) is 0 Å². The molecule has 4 nitrogen and oxygen atoms in total. The summed E-state index contributed by atoms with van der Waals surface area (Å²) in [5.74, 6) is 0.520. The second-order valence-electron chi connectivity index (χ2n) is 6.40. The van der Waals surface area contributed by atoms with Crippen molar-refractivity contribution in [1.29, 1.82) is 0 Å². The fraction of sp³-hybridized carbons (Fsp3) is 0.500. The summed E-state index contributed by atoms with van der Waals surface area (Å²) in [6.07, 6.45) is 12.9. The molecule has 0 bridgehead atoms. The van der Waals surface area contributed by atoms with Gasteiger partial charge >= 0.3 is 0 Å². The predicted octanol–water partition coefficient (Wildman–Crippen LogP) is 5.70. The van der Waals surface area contributed by atoms with E-state index in [2.05, 4.69) is 34.7 Å². The van der Waals surface area contributed by atoms with Crippen molar-refractivity contribution in [3.63, 3.8) is 0 Å². The van der Waals surface area contributed by atoms with Crippen molar-refractivity contribution < 1.29 is 13.5 Å². The van der Waals surface area contributed by atoms with Crippen LogP contribution in [0.3, 0.4) is 0 Å². The van der Waals surface area contributed by atoms with Crippen LogP contribution in [0.25, 0.3) is 0 Å². The molecule has 0 spiro atoms. The summed E-state index contributed by atoms with van der Waals surface area (Å²) in [5.41, 5.74) is 0.890. The molecular formula is C20H28BrNO3S. The van der Waals surface area contributed by atoms with E-state index in [1.807, 2.05) is 30.4 Å². The summed E-state index contributed by atoms with van der Waals surface area (Å²) in [6.45, 7) is 6.15. The van der Waals surface area contributed by atoms with E-state index in [1.54, 1.807) is 6.07 Å². The van der Waals surface area contributed by atoms with Crippen LogP contribution in [0.5, 0.6) is 5.75 Å². The molecule has 0 fully saturated rings. The maximum absolute atomic E-state index is 12.0. The molecule has 0 saturated heterocycles.